The normalized spacial score (nSPS) is 11.8. The first-order valence-corrected chi connectivity index (χ1v) is 6.79. The van der Waals surface area contributed by atoms with E-state index in [4.69, 9.17) is 5.11 Å². The van der Waals surface area contributed by atoms with Gasteiger partial charge in [-0.1, -0.05) is 42.1 Å². The Labute approximate surface area is 111 Å². The largest absolute Gasteiger partial charge is 0.481 e. The smallest absolute Gasteiger partial charge is 0.307 e. The number of nitrogens with one attached hydrogen (secondary N) is 1. The van der Waals surface area contributed by atoms with E-state index in [1.807, 2.05) is 37.3 Å². The highest BCUT2D eigenvalue weighted by Gasteiger charge is 2.19. The zero-order valence-electron chi connectivity index (χ0n) is 10.3. The predicted molar refractivity (Wildman–Crippen MR) is 72.8 cm³/mol. The van der Waals surface area contributed by atoms with E-state index in [1.165, 1.54) is 0 Å². The van der Waals surface area contributed by atoms with Crippen LogP contribution < -0.4 is 5.32 Å². The van der Waals surface area contributed by atoms with Crippen molar-refractivity contribution in [2.24, 2.45) is 5.92 Å². The molecule has 0 fully saturated rings. The lowest BCUT2D eigenvalue weighted by Gasteiger charge is -2.11. The van der Waals surface area contributed by atoms with E-state index in [0.29, 0.717) is 13.0 Å². The molecule has 4 nitrogen and oxygen atoms in total. The molecule has 98 valence electrons. The summed E-state index contributed by atoms with van der Waals surface area (Å²) < 4.78 is 0. The van der Waals surface area contributed by atoms with Crippen molar-refractivity contribution in [3.8, 4) is 0 Å². The summed E-state index contributed by atoms with van der Waals surface area (Å²) in [7, 11) is 0. The van der Waals surface area contributed by atoms with Crippen LogP contribution in [-0.2, 0) is 11.2 Å². The van der Waals surface area contributed by atoms with Crippen LogP contribution in [0.1, 0.15) is 12.5 Å². The van der Waals surface area contributed by atoms with E-state index in [0.717, 1.165) is 17.3 Å². The van der Waals surface area contributed by atoms with Crippen LogP contribution in [0.25, 0.3) is 0 Å². The van der Waals surface area contributed by atoms with Crippen LogP contribution in [0.2, 0.25) is 0 Å². The molecule has 0 spiro atoms. The van der Waals surface area contributed by atoms with E-state index >= 15 is 0 Å². The summed E-state index contributed by atoms with van der Waals surface area (Å²) in [4.78, 5) is 22.4. The maximum Gasteiger partial charge on any atom is 0.307 e. The van der Waals surface area contributed by atoms with Crippen LogP contribution in [0.3, 0.4) is 0 Å². The number of rotatable bonds is 6. The third kappa shape index (κ3) is 5.23. The molecule has 1 unspecified atom stereocenters. The van der Waals surface area contributed by atoms with Crippen LogP contribution in [0, 0.1) is 5.92 Å². The van der Waals surface area contributed by atoms with Crippen molar-refractivity contribution < 1.29 is 14.7 Å². The summed E-state index contributed by atoms with van der Waals surface area (Å²) in [6.07, 6.45) is 0.447. The molecule has 0 saturated carbocycles. The van der Waals surface area contributed by atoms with Crippen LogP contribution >= 0.6 is 11.8 Å². The minimum atomic E-state index is -0.865. The highest BCUT2D eigenvalue weighted by Crippen LogP contribution is 2.15. The van der Waals surface area contributed by atoms with Crippen LogP contribution in [0.15, 0.2) is 30.3 Å². The van der Waals surface area contributed by atoms with Gasteiger partial charge in [0.15, 0.2) is 0 Å². The fourth-order valence-electron chi connectivity index (χ4n) is 1.49. The van der Waals surface area contributed by atoms with Crippen molar-refractivity contribution in [3.63, 3.8) is 0 Å². The first kappa shape index (κ1) is 14.6. The van der Waals surface area contributed by atoms with Crippen LogP contribution in [-0.4, -0.2) is 28.6 Å². The van der Waals surface area contributed by atoms with Gasteiger partial charge in [-0.25, -0.2) is 0 Å². The van der Waals surface area contributed by atoms with E-state index in [-0.39, 0.29) is 11.0 Å². The maximum atomic E-state index is 11.3. The fourth-order valence-corrected chi connectivity index (χ4v) is 2.35. The van der Waals surface area contributed by atoms with Gasteiger partial charge in [-0.05, 0) is 18.9 Å². The predicted octanol–water partition coefficient (Wildman–Crippen LogP) is 2.39. The number of carbonyl (C=O) groups is 2. The Morgan fingerprint density at radius 2 is 2.00 bits per heavy atom. The number of amides is 1. The van der Waals surface area contributed by atoms with Crippen molar-refractivity contribution in [1.29, 1.82) is 0 Å². The molecule has 1 rings (SSSR count). The topological polar surface area (TPSA) is 66.4 Å². The van der Waals surface area contributed by atoms with Crippen molar-refractivity contribution in [2.75, 3.05) is 12.3 Å². The quantitative estimate of drug-likeness (QED) is 0.830. The minimum Gasteiger partial charge on any atom is -0.481 e. The molecule has 0 bridgehead atoms. The number of aliphatic carboxylic acids is 1. The molecule has 0 radical (unpaired) electrons. The maximum absolute atomic E-state index is 11.3. The van der Waals surface area contributed by atoms with Crippen LogP contribution in [0.4, 0.5) is 4.79 Å². The van der Waals surface area contributed by atoms with Gasteiger partial charge in [-0.2, -0.15) is 0 Å². The third-order valence-electron chi connectivity index (χ3n) is 2.41. The fraction of sp³-hybridized carbons (Fsp3) is 0.385. The summed E-state index contributed by atoms with van der Waals surface area (Å²) >= 11 is 1.03. The van der Waals surface area contributed by atoms with Crippen molar-refractivity contribution >= 4 is 23.0 Å². The number of hydrogen-bond donors (Lipinski definition) is 2. The number of carboxylic acid groups (broad SMARTS) is 1. The molecule has 5 heteroatoms. The first-order chi connectivity index (χ1) is 8.63. The second kappa shape index (κ2) is 7.76. The monoisotopic (exact) mass is 267 g/mol. The number of carbonyl (C=O) groups excluding carboxylic acids is 1. The van der Waals surface area contributed by atoms with E-state index in [2.05, 4.69) is 5.32 Å². The van der Waals surface area contributed by atoms with E-state index in [9.17, 15) is 9.59 Å². The number of benzene rings is 1. The zero-order valence-corrected chi connectivity index (χ0v) is 11.1. The highest BCUT2D eigenvalue weighted by molar-refractivity contribution is 8.13. The summed E-state index contributed by atoms with van der Waals surface area (Å²) in [6, 6.07) is 9.44. The number of thioether (sulfide) groups is 1. The summed E-state index contributed by atoms with van der Waals surface area (Å²) in [5.41, 5.74) is 0.974. The SMILES string of the molecule is CCNC(=O)SCC(Cc1ccccc1)C(=O)O. The molecule has 1 aromatic carbocycles. The summed E-state index contributed by atoms with van der Waals surface area (Å²) in [5.74, 6) is -1.12. The second-order valence-electron chi connectivity index (χ2n) is 3.85. The van der Waals surface area contributed by atoms with Gasteiger partial charge >= 0.3 is 5.97 Å². The molecular weight excluding hydrogens is 250 g/mol. The average Bonchev–Trinajstić information content (AvgIpc) is 2.35. The summed E-state index contributed by atoms with van der Waals surface area (Å²) in [6.45, 7) is 2.39. The van der Waals surface area contributed by atoms with Gasteiger partial charge in [0.25, 0.3) is 5.24 Å². The minimum absolute atomic E-state index is 0.170. The molecular formula is C13H17NO3S. The molecule has 18 heavy (non-hydrogen) atoms. The third-order valence-corrected chi connectivity index (χ3v) is 3.39. The Bertz CT molecular complexity index is 394. The molecule has 0 aromatic heterocycles. The molecule has 1 aromatic rings. The number of carboxylic acids is 1. The van der Waals surface area contributed by atoms with Crippen LogP contribution in [0.5, 0.6) is 0 Å². The van der Waals surface area contributed by atoms with Gasteiger partial charge in [-0.15, -0.1) is 0 Å². The lowest BCUT2D eigenvalue weighted by atomic mass is 10.0. The van der Waals surface area contributed by atoms with E-state index in [1.54, 1.807) is 0 Å². The average molecular weight is 267 g/mol. The van der Waals surface area contributed by atoms with Gasteiger partial charge in [0.2, 0.25) is 0 Å². The van der Waals surface area contributed by atoms with Crippen molar-refractivity contribution in [3.05, 3.63) is 35.9 Å². The number of hydrogen-bond acceptors (Lipinski definition) is 3. The summed E-state index contributed by atoms with van der Waals surface area (Å²) in [5, 5.41) is 11.6. The van der Waals surface area contributed by atoms with Gasteiger partial charge in [0.1, 0.15) is 0 Å². The lowest BCUT2D eigenvalue weighted by Crippen LogP contribution is -2.23. The Balaban J connectivity index is 2.51. The Morgan fingerprint density at radius 1 is 1.33 bits per heavy atom. The standard InChI is InChI=1S/C13H17NO3S/c1-2-14-13(17)18-9-11(12(15)16)8-10-6-4-3-5-7-10/h3-7,11H,2,8-9H2,1H3,(H,14,17)(H,15,16). The van der Waals surface area contributed by atoms with Crippen molar-refractivity contribution in [1.82, 2.24) is 5.32 Å². The van der Waals surface area contributed by atoms with Gasteiger partial charge in [-0.3, -0.25) is 9.59 Å². The highest BCUT2D eigenvalue weighted by atomic mass is 32.2. The molecule has 0 heterocycles. The molecule has 2 N–H and O–H groups in total. The van der Waals surface area contributed by atoms with Gasteiger partial charge in [0.05, 0.1) is 5.92 Å². The second-order valence-corrected chi connectivity index (χ2v) is 4.85. The van der Waals surface area contributed by atoms with Gasteiger partial charge in [0, 0.05) is 12.3 Å². The molecule has 0 aliphatic carbocycles. The Morgan fingerprint density at radius 3 is 2.56 bits per heavy atom. The Hall–Kier alpha value is -1.49. The lowest BCUT2D eigenvalue weighted by molar-refractivity contribution is -0.140. The molecule has 1 atom stereocenters. The molecule has 1 amide bonds. The molecule has 0 saturated heterocycles. The van der Waals surface area contributed by atoms with Crippen molar-refractivity contribution in [2.45, 2.75) is 13.3 Å². The van der Waals surface area contributed by atoms with E-state index < -0.39 is 11.9 Å². The van der Waals surface area contributed by atoms with Gasteiger partial charge < -0.3 is 10.4 Å². The zero-order chi connectivity index (χ0) is 13.4. The first-order valence-electron chi connectivity index (χ1n) is 5.80. The Kier molecular flexibility index (Phi) is 6.28. The molecule has 0 aliphatic heterocycles. The molecule has 0 aliphatic rings.